The largest absolute Gasteiger partial charge is 0.335 e. The summed E-state index contributed by atoms with van der Waals surface area (Å²) in [6, 6.07) is 7.03. The zero-order valence-corrected chi connectivity index (χ0v) is 14.4. The van der Waals surface area contributed by atoms with Gasteiger partial charge in [0.1, 0.15) is 0 Å². The van der Waals surface area contributed by atoms with E-state index >= 15 is 0 Å². The van der Waals surface area contributed by atoms with Crippen molar-refractivity contribution in [3.8, 4) is 0 Å². The number of carbonyl (C=O) groups excluding carboxylic acids is 1. The summed E-state index contributed by atoms with van der Waals surface area (Å²) in [5, 5.41) is 3.43. The van der Waals surface area contributed by atoms with Gasteiger partial charge in [-0.05, 0) is 81.1 Å². The highest BCUT2D eigenvalue weighted by molar-refractivity contribution is 5.83. The van der Waals surface area contributed by atoms with Gasteiger partial charge in [0.05, 0.1) is 6.04 Å². The SMILES string of the molecule is Cc1ccc(C2CCCN2C(=O)C2CC23CCNCC3)cc1C. The summed E-state index contributed by atoms with van der Waals surface area (Å²) in [6.07, 6.45) is 5.76. The van der Waals surface area contributed by atoms with Gasteiger partial charge in [0.25, 0.3) is 0 Å². The molecule has 0 radical (unpaired) electrons. The number of aryl methyl sites for hydroxylation is 2. The molecule has 1 spiro atoms. The summed E-state index contributed by atoms with van der Waals surface area (Å²) in [4.78, 5) is 15.3. The van der Waals surface area contributed by atoms with Crippen LogP contribution in [0.25, 0.3) is 0 Å². The van der Waals surface area contributed by atoms with E-state index in [1.807, 2.05) is 0 Å². The monoisotopic (exact) mass is 312 g/mol. The Morgan fingerprint density at radius 3 is 2.74 bits per heavy atom. The Balaban J connectivity index is 1.51. The van der Waals surface area contributed by atoms with Crippen molar-refractivity contribution in [1.29, 1.82) is 0 Å². The van der Waals surface area contributed by atoms with Gasteiger partial charge in [-0.15, -0.1) is 0 Å². The van der Waals surface area contributed by atoms with Crippen LogP contribution in [-0.2, 0) is 4.79 Å². The molecule has 1 aromatic carbocycles. The summed E-state index contributed by atoms with van der Waals surface area (Å²) in [7, 11) is 0. The van der Waals surface area contributed by atoms with Gasteiger partial charge in [-0.25, -0.2) is 0 Å². The van der Waals surface area contributed by atoms with Crippen molar-refractivity contribution in [3.05, 3.63) is 34.9 Å². The van der Waals surface area contributed by atoms with E-state index in [0.717, 1.165) is 38.9 Å². The Kier molecular flexibility index (Phi) is 3.72. The molecular formula is C20H28N2O. The Bertz CT molecular complexity index is 618. The lowest BCUT2D eigenvalue weighted by atomic mass is 9.91. The molecule has 4 rings (SSSR count). The first-order chi connectivity index (χ1) is 11.1. The Labute approximate surface area is 139 Å². The van der Waals surface area contributed by atoms with Crippen molar-refractivity contribution in [3.63, 3.8) is 0 Å². The van der Waals surface area contributed by atoms with Crippen LogP contribution in [0.1, 0.15) is 54.8 Å². The number of hydrogen-bond acceptors (Lipinski definition) is 2. The second-order valence-corrected chi connectivity index (χ2v) is 7.90. The first-order valence-electron chi connectivity index (χ1n) is 9.19. The summed E-state index contributed by atoms with van der Waals surface area (Å²) in [5.74, 6) is 0.740. The van der Waals surface area contributed by atoms with E-state index < -0.39 is 0 Å². The molecule has 0 aromatic heterocycles. The number of likely N-dealkylation sites (tertiary alicyclic amines) is 1. The van der Waals surface area contributed by atoms with Gasteiger partial charge in [-0.1, -0.05) is 18.2 Å². The minimum atomic E-state index is 0.303. The molecule has 1 N–H and O–H groups in total. The molecule has 23 heavy (non-hydrogen) atoms. The quantitative estimate of drug-likeness (QED) is 0.908. The lowest BCUT2D eigenvalue weighted by Crippen LogP contribution is -2.36. The van der Waals surface area contributed by atoms with Crippen molar-refractivity contribution in [2.24, 2.45) is 11.3 Å². The van der Waals surface area contributed by atoms with E-state index in [1.54, 1.807) is 0 Å². The maximum Gasteiger partial charge on any atom is 0.226 e. The predicted molar refractivity (Wildman–Crippen MR) is 92.2 cm³/mol. The summed E-state index contributed by atoms with van der Waals surface area (Å²) < 4.78 is 0. The number of carbonyl (C=O) groups is 1. The topological polar surface area (TPSA) is 32.3 Å². The van der Waals surface area contributed by atoms with Gasteiger partial charge in [-0.2, -0.15) is 0 Å². The summed E-state index contributed by atoms with van der Waals surface area (Å²) in [6.45, 7) is 7.45. The molecule has 2 heterocycles. The molecule has 3 aliphatic rings. The molecular weight excluding hydrogens is 284 g/mol. The average Bonchev–Trinajstić information content (AvgIpc) is 3.03. The minimum absolute atomic E-state index is 0.303. The van der Waals surface area contributed by atoms with Crippen molar-refractivity contribution in [2.45, 2.75) is 52.0 Å². The van der Waals surface area contributed by atoms with E-state index in [1.165, 1.54) is 29.5 Å². The molecule has 2 atom stereocenters. The lowest BCUT2D eigenvalue weighted by Gasteiger charge is -2.28. The van der Waals surface area contributed by atoms with Crippen LogP contribution in [0.4, 0.5) is 0 Å². The molecule has 2 unspecified atom stereocenters. The zero-order chi connectivity index (χ0) is 16.0. The predicted octanol–water partition coefficient (Wildman–Crippen LogP) is 3.36. The second kappa shape index (κ2) is 5.62. The standard InChI is InChI=1S/C20H28N2O/c1-14-5-6-16(12-15(14)2)18-4-3-11-22(18)19(23)17-13-20(17)7-9-21-10-8-20/h5-6,12,17-18,21H,3-4,7-11,13H2,1-2H3. The molecule has 1 saturated carbocycles. The molecule has 1 aliphatic carbocycles. The van der Waals surface area contributed by atoms with E-state index in [2.05, 4.69) is 42.3 Å². The van der Waals surface area contributed by atoms with Crippen LogP contribution in [0.2, 0.25) is 0 Å². The van der Waals surface area contributed by atoms with Crippen LogP contribution in [0.3, 0.4) is 0 Å². The minimum Gasteiger partial charge on any atom is -0.335 e. The Hall–Kier alpha value is -1.35. The Morgan fingerprint density at radius 1 is 1.22 bits per heavy atom. The van der Waals surface area contributed by atoms with Crippen LogP contribution in [0, 0.1) is 25.2 Å². The number of hydrogen-bond donors (Lipinski definition) is 1. The molecule has 3 heteroatoms. The van der Waals surface area contributed by atoms with Gasteiger partial charge < -0.3 is 10.2 Å². The maximum absolute atomic E-state index is 13.1. The maximum atomic E-state index is 13.1. The first kappa shape index (κ1) is 15.2. The number of benzene rings is 1. The number of nitrogens with one attached hydrogen (secondary N) is 1. The van der Waals surface area contributed by atoms with Gasteiger partial charge in [0.2, 0.25) is 5.91 Å². The van der Waals surface area contributed by atoms with E-state index in [4.69, 9.17) is 0 Å². The molecule has 0 bridgehead atoms. The fourth-order valence-electron chi connectivity index (χ4n) is 4.72. The van der Waals surface area contributed by atoms with Crippen molar-refractivity contribution < 1.29 is 4.79 Å². The molecule has 1 amide bonds. The van der Waals surface area contributed by atoms with Crippen LogP contribution < -0.4 is 5.32 Å². The summed E-state index contributed by atoms with van der Waals surface area (Å²) >= 11 is 0. The molecule has 124 valence electrons. The third-order valence-electron chi connectivity index (χ3n) is 6.54. The third-order valence-corrected chi connectivity index (χ3v) is 6.54. The number of amides is 1. The number of piperidine rings is 1. The fourth-order valence-corrected chi connectivity index (χ4v) is 4.72. The highest BCUT2D eigenvalue weighted by atomic mass is 16.2. The zero-order valence-electron chi connectivity index (χ0n) is 14.4. The van der Waals surface area contributed by atoms with Gasteiger partial charge >= 0.3 is 0 Å². The molecule has 1 aromatic rings. The highest BCUT2D eigenvalue weighted by Crippen LogP contribution is 2.59. The van der Waals surface area contributed by atoms with Gasteiger partial charge in [-0.3, -0.25) is 4.79 Å². The average molecular weight is 312 g/mol. The molecule has 3 nitrogen and oxygen atoms in total. The van der Waals surface area contributed by atoms with Crippen LogP contribution in [0.5, 0.6) is 0 Å². The molecule has 3 fully saturated rings. The van der Waals surface area contributed by atoms with Crippen LogP contribution >= 0.6 is 0 Å². The third kappa shape index (κ3) is 2.59. The van der Waals surface area contributed by atoms with E-state index in [-0.39, 0.29) is 0 Å². The lowest BCUT2D eigenvalue weighted by molar-refractivity contribution is -0.134. The van der Waals surface area contributed by atoms with Crippen LogP contribution in [0.15, 0.2) is 18.2 Å². The highest BCUT2D eigenvalue weighted by Gasteiger charge is 2.59. The second-order valence-electron chi connectivity index (χ2n) is 7.90. The van der Waals surface area contributed by atoms with Crippen LogP contribution in [-0.4, -0.2) is 30.4 Å². The van der Waals surface area contributed by atoms with Crippen molar-refractivity contribution in [2.75, 3.05) is 19.6 Å². The normalized spacial score (nSPS) is 29.0. The van der Waals surface area contributed by atoms with Crippen molar-refractivity contribution >= 4 is 5.91 Å². The molecule has 2 saturated heterocycles. The van der Waals surface area contributed by atoms with Gasteiger partial charge in [0, 0.05) is 12.5 Å². The number of nitrogens with zero attached hydrogens (tertiary/aromatic N) is 1. The smallest absolute Gasteiger partial charge is 0.226 e. The van der Waals surface area contributed by atoms with E-state index in [9.17, 15) is 4.79 Å². The van der Waals surface area contributed by atoms with E-state index in [0.29, 0.717) is 23.3 Å². The summed E-state index contributed by atoms with van der Waals surface area (Å²) in [5.41, 5.74) is 4.35. The Morgan fingerprint density at radius 2 is 2.00 bits per heavy atom. The van der Waals surface area contributed by atoms with Crippen molar-refractivity contribution in [1.82, 2.24) is 10.2 Å². The molecule has 2 aliphatic heterocycles. The van der Waals surface area contributed by atoms with Gasteiger partial charge in [0.15, 0.2) is 0 Å². The fraction of sp³-hybridized carbons (Fsp3) is 0.650. The first-order valence-corrected chi connectivity index (χ1v) is 9.19. The number of rotatable bonds is 2.